The third kappa shape index (κ3) is 7.59. The highest BCUT2D eigenvalue weighted by Crippen LogP contribution is 2.00. The molecule has 0 saturated heterocycles. The molecule has 0 fully saturated rings. The molecule has 0 radical (unpaired) electrons. The number of hydrogen-bond acceptors (Lipinski definition) is 2. The Morgan fingerprint density at radius 2 is 1.91 bits per heavy atom. The van der Waals surface area contributed by atoms with Crippen molar-refractivity contribution in [3.63, 3.8) is 0 Å². The monoisotopic (exact) mass is 173 g/mol. The zero-order chi connectivity index (χ0) is 8.91. The smallest absolute Gasteiger partial charge is 0.105 e. The summed E-state index contributed by atoms with van der Waals surface area (Å²) in [5.41, 5.74) is 1.07. The van der Waals surface area contributed by atoms with Gasteiger partial charge in [0.1, 0.15) is 6.23 Å². The van der Waals surface area contributed by atoms with Gasteiger partial charge in [-0.05, 0) is 13.3 Å². The van der Waals surface area contributed by atoms with Crippen molar-refractivity contribution >= 4 is 13.8 Å². The molecule has 0 heterocycles. The summed E-state index contributed by atoms with van der Waals surface area (Å²) in [5.74, 6) is 0. The first-order chi connectivity index (χ1) is 4.95. The van der Waals surface area contributed by atoms with Gasteiger partial charge in [-0.25, -0.2) is 0 Å². The second kappa shape index (κ2) is 4.54. The van der Waals surface area contributed by atoms with Crippen LogP contribution in [0.1, 0.15) is 20.3 Å². The van der Waals surface area contributed by atoms with Gasteiger partial charge < -0.3 is 4.84 Å². The predicted octanol–water partition coefficient (Wildman–Crippen LogP) is 2.67. The molecule has 0 aliphatic carbocycles. The molecule has 11 heavy (non-hydrogen) atoms. The summed E-state index contributed by atoms with van der Waals surface area (Å²) < 4.78 is 0. The zero-order valence-corrected chi connectivity index (χ0v) is 9.27. The molecular formula is C8H19NOSi. The summed E-state index contributed by atoms with van der Waals surface area (Å²) in [6.07, 6.45) is 1.80. The molecule has 0 spiro atoms. The van der Waals surface area contributed by atoms with Crippen molar-refractivity contribution in [2.75, 3.05) is 6.23 Å². The van der Waals surface area contributed by atoms with Crippen molar-refractivity contribution in [1.82, 2.24) is 0 Å². The maximum Gasteiger partial charge on any atom is 0.105 e. The Bertz CT molecular complexity index is 138. The lowest BCUT2D eigenvalue weighted by molar-refractivity contribution is 0.185. The van der Waals surface area contributed by atoms with Gasteiger partial charge in [-0.2, -0.15) is 0 Å². The highest BCUT2D eigenvalue weighted by Gasteiger charge is 2.13. The fourth-order valence-electron chi connectivity index (χ4n) is 0.401. The van der Waals surface area contributed by atoms with Gasteiger partial charge in [0.2, 0.25) is 0 Å². The van der Waals surface area contributed by atoms with E-state index in [9.17, 15) is 0 Å². The fourth-order valence-corrected chi connectivity index (χ4v) is 0.853. The maximum atomic E-state index is 5.20. The van der Waals surface area contributed by atoms with Gasteiger partial charge in [0.05, 0.1) is 13.8 Å². The third-order valence-electron chi connectivity index (χ3n) is 1.23. The van der Waals surface area contributed by atoms with Crippen molar-refractivity contribution in [3.05, 3.63) is 0 Å². The summed E-state index contributed by atoms with van der Waals surface area (Å²) in [6.45, 7) is 10.9. The van der Waals surface area contributed by atoms with E-state index in [0.717, 1.165) is 18.4 Å². The molecule has 0 aliphatic heterocycles. The Balaban J connectivity index is 3.57. The highest BCUT2D eigenvalue weighted by atomic mass is 28.3. The fraction of sp³-hybridized carbons (Fsp3) is 0.875. The van der Waals surface area contributed by atoms with Gasteiger partial charge in [-0.1, -0.05) is 31.7 Å². The first-order valence-corrected chi connectivity index (χ1v) is 7.82. The summed E-state index contributed by atoms with van der Waals surface area (Å²) in [5, 5.41) is 3.98. The number of hydrogen-bond donors (Lipinski definition) is 0. The molecule has 0 unspecified atom stereocenters. The lowest BCUT2D eigenvalue weighted by Gasteiger charge is -2.12. The minimum atomic E-state index is -1.07. The minimum Gasteiger partial charge on any atom is -0.400 e. The maximum absolute atomic E-state index is 5.20. The topological polar surface area (TPSA) is 21.6 Å². The summed E-state index contributed by atoms with van der Waals surface area (Å²) in [6, 6.07) is 0. The van der Waals surface area contributed by atoms with Crippen molar-refractivity contribution in [3.8, 4) is 0 Å². The van der Waals surface area contributed by atoms with Crippen LogP contribution in [0.15, 0.2) is 5.16 Å². The van der Waals surface area contributed by atoms with E-state index in [2.05, 4.69) is 31.7 Å². The standard InChI is InChI=1S/C8H19NOSi/c1-6-8(2)9-10-7-11(3,4)5/h6-7H2,1-5H3/b9-8-. The second-order valence-corrected chi connectivity index (χ2v) is 9.42. The van der Waals surface area contributed by atoms with Crippen LogP contribution < -0.4 is 0 Å². The highest BCUT2D eigenvalue weighted by molar-refractivity contribution is 6.76. The first kappa shape index (κ1) is 10.7. The van der Waals surface area contributed by atoms with Gasteiger partial charge in [-0.3, -0.25) is 0 Å². The van der Waals surface area contributed by atoms with Crippen LogP contribution in [0.4, 0.5) is 0 Å². The quantitative estimate of drug-likeness (QED) is 0.364. The lowest BCUT2D eigenvalue weighted by atomic mass is 10.3. The van der Waals surface area contributed by atoms with E-state index in [4.69, 9.17) is 4.84 Å². The van der Waals surface area contributed by atoms with E-state index in [-0.39, 0.29) is 0 Å². The first-order valence-electron chi connectivity index (χ1n) is 4.11. The van der Waals surface area contributed by atoms with Crippen LogP contribution in [-0.2, 0) is 4.84 Å². The SMILES string of the molecule is CC/C(C)=N\OC[Si](C)(C)C. The minimum absolute atomic E-state index is 0.824. The largest absolute Gasteiger partial charge is 0.400 e. The molecule has 0 rings (SSSR count). The van der Waals surface area contributed by atoms with Crippen molar-refractivity contribution < 1.29 is 4.84 Å². The van der Waals surface area contributed by atoms with Gasteiger partial charge in [0.25, 0.3) is 0 Å². The van der Waals surface area contributed by atoms with Gasteiger partial charge in [0.15, 0.2) is 0 Å². The van der Waals surface area contributed by atoms with Crippen molar-refractivity contribution in [1.29, 1.82) is 0 Å². The Hall–Kier alpha value is -0.313. The van der Waals surface area contributed by atoms with Crippen LogP contribution in [0, 0.1) is 0 Å². The molecule has 0 bridgehead atoms. The molecule has 0 saturated carbocycles. The molecule has 3 heteroatoms. The van der Waals surface area contributed by atoms with Crippen LogP contribution >= 0.6 is 0 Å². The Morgan fingerprint density at radius 3 is 2.27 bits per heavy atom. The van der Waals surface area contributed by atoms with Crippen LogP contribution in [-0.4, -0.2) is 20.0 Å². The van der Waals surface area contributed by atoms with Crippen molar-refractivity contribution in [2.45, 2.75) is 39.9 Å². The molecule has 0 aromatic carbocycles. The summed E-state index contributed by atoms with van der Waals surface area (Å²) in [4.78, 5) is 5.20. The van der Waals surface area contributed by atoms with Crippen LogP contribution in [0.25, 0.3) is 0 Å². The molecule has 66 valence electrons. The van der Waals surface area contributed by atoms with Crippen molar-refractivity contribution in [2.24, 2.45) is 5.16 Å². The molecule has 0 N–H and O–H groups in total. The number of nitrogens with zero attached hydrogens (tertiary/aromatic N) is 1. The summed E-state index contributed by atoms with van der Waals surface area (Å²) >= 11 is 0. The normalized spacial score (nSPS) is 13.4. The average molecular weight is 173 g/mol. The zero-order valence-electron chi connectivity index (χ0n) is 8.27. The predicted molar refractivity (Wildman–Crippen MR) is 52.7 cm³/mol. The Kier molecular flexibility index (Phi) is 4.41. The molecule has 0 amide bonds. The van der Waals surface area contributed by atoms with E-state index < -0.39 is 8.07 Å². The molecular weight excluding hydrogens is 154 g/mol. The van der Waals surface area contributed by atoms with E-state index in [1.807, 2.05) is 6.92 Å². The summed E-state index contributed by atoms with van der Waals surface area (Å²) in [7, 11) is -1.07. The van der Waals surface area contributed by atoms with Gasteiger partial charge in [-0.15, -0.1) is 0 Å². The molecule has 0 aromatic rings. The number of oxime groups is 1. The van der Waals surface area contributed by atoms with Crippen LogP contribution in [0.5, 0.6) is 0 Å². The van der Waals surface area contributed by atoms with E-state index in [0.29, 0.717) is 0 Å². The lowest BCUT2D eigenvalue weighted by Crippen LogP contribution is -2.27. The Morgan fingerprint density at radius 1 is 1.36 bits per heavy atom. The van der Waals surface area contributed by atoms with E-state index in [1.54, 1.807) is 0 Å². The van der Waals surface area contributed by atoms with Crippen LogP contribution in [0.3, 0.4) is 0 Å². The molecule has 0 atom stereocenters. The second-order valence-electron chi connectivity index (χ2n) is 4.01. The number of rotatable bonds is 4. The Labute approximate surface area is 70.6 Å². The average Bonchev–Trinajstić information content (AvgIpc) is 1.85. The molecule has 0 aromatic heterocycles. The van der Waals surface area contributed by atoms with Gasteiger partial charge >= 0.3 is 0 Å². The molecule has 0 aliphatic rings. The van der Waals surface area contributed by atoms with Crippen LogP contribution in [0.2, 0.25) is 19.6 Å². The third-order valence-corrected chi connectivity index (χ3v) is 2.22. The molecule has 2 nitrogen and oxygen atoms in total. The van der Waals surface area contributed by atoms with E-state index >= 15 is 0 Å². The van der Waals surface area contributed by atoms with E-state index in [1.165, 1.54) is 0 Å². The van der Waals surface area contributed by atoms with Gasteiger partial charge in [0, 0.05) is 0 Å².